The number of hydrogen-bond donors (Lipinski definition) is 4. The Bertz CT molecular complexity index is 117. The normalized spacial score (nSPS) is 42.6. The van der Waals surface area contributed by atoms with E-state index in [0.29, 0.717) is 0 Å². The molecule has 5 heteroatoms. The molecule has 1 rings (SSSR count). The molecule has 59 valence electrons. The average Bonchev–Trinajstić information content (AvgIpc) is 2.17. The third kappa shape index (κ3) is 1.14. The highest BCUT2D eigenvalue weighted by atomic mass is 16.6. The zero-order valence-corrected chi connectivity index (χ0v) is 5.14. The van der Waals surface area contributed by atoms with E-state index in [1.807, 2.05) is 0 Å². The summed E-state index contributed by atoms with van der Waals surface area (Å²) in [5.74, 6) is 0. The van der Waals surface area contributed by atoms with E-state index in [0.717, 1.165) is 0 Å². The topological polar surface area (TPSA) is 90.2 Å². The van der Waals surface area contributed by atoms with Crippen LogP contribution in [-0.4, -0.2) is 45.5 Å². The molecule has 1 heterocycles. The Morgan fingerprint density at radius 1 is 1.30 bits per heavy atom. The molecule has 0 bridgehead atoms. The van der Waals surface area contributed by atoms with Crippen LogP contribution in [0.4, 0.5) is 0 Å². The molecule has 0 amide bonds. The van der Waals surface area contributed by atoms with Gasteiger partial charge in [0.15, 0.2) is 12.4 Å². The maximum absolute atomic E-state index is 8.90. The zero-order valence-electron chi connectivity index (χ0n) is 5.14. The molecular formula is C5H9O5. The van der Waals surface area contributed by atoms with Crippen LogP contribution in [0.3, 0.4) is 0 Å². The molecule has 1 radical (unpaired) electrons. The van der Waals surface area contributed by atoms with Crippen molar-refractivity contribution < 1.29 is 25.2 Å². The first-order valence-electron chi connectivity index (χ1n) is 2.84. The standard InChI is InChI=1S/C5H9O5/c6-1-2-3(7)4(8)5(9)10-2/h3-9H,1H2/t3-,4+,5+/m1/s1. The van der Waals surface area contributed by atoms with Gasteiger partial charge in [0.05, 0.1) is 6.61 Å². The molecule has 1 fully saturated rings. The van der Waals surface area contributed by atoms with Crippen LogP contribution in [0.2, 0.25) is 0 Å². The van der Waals surface area contributed by atoms with Crippen LogP contribution < -0.4 is 0 Å². The van der Waals surface area contributed by atoms with Gasteiger partial charge in [0.1, 0.15) is 12.2 Å². The van der Waals surface area contributed by atoms with Gasteiger partial charge in [0.2, 0.25) is 0 Å². The maximum atomic E-state index is 8.90. The molecule has 5 nitrogen and oxygen atoms in total. The molecule has 0 spiro atoms. The van der Waals surface area contributed by atoms with E-state index < -0.39 is 25.1 Å². The van der Waals surface area contributed by atoms with Crippen molar-refractivity contribution in [2.24, 2.45) is 0 Å². The fourth-order valence-electron chi connectivity index (χ4n) is 0.772. The van der Waals surface area contributed by atoms with Gasteiger partial charge in [0.25, 0.3) is 0 Å². The summed E-state index contributed by atoms with van der Waals surface area (Å²) in [6.45, 7) is -0.491. The second-order valence-electron chi connectivity index (χ2n) is 2.07. The van der Waals surface area contributed by atoms with Crippen molar-refractivity contribution in [2.75, 3.05) is 6.61 Å². The molecule has 0 saturated carbocycles. The monoisotopic (exact) mass is 149 g/mol. The van der Waals surface area contributed by atoms with Gasteiger partial charge < -0.3 is 25.2 Å². The third-order valence-electron chi connectivity index (χ3n) is 1.37. The molecule has 0 aliphatic carbocycles. The van der Waals surface area contributed by atoms with Gasteiger partial charge in [-0.05, 0) is 0 Å². The minimum atomic E-state index is -1.42. The average molecular weight is 149 g/mol. The van der Waals surface area contributed by atoms with Gasteiger partial charge in [-0.2, -0.15) is 0 Å². The van der Waals surface area contributed by atoms with E-state index in [1.165, 1.54) is 0 Å². The molecule has 0 aromatic rings. The van der Waals surface area contributed by atoms with Crippen molar-refractivity contribution >= 4 is 0 Å². The highest BCUT2D eigenvalue weighted by Gasteiger charge is 2.42. The van der Waals surface area contributed by atoms with Crippen molar-refractivity contribution in [1.29, 1.82) is 0 Å². The van der Waals surface area contributed by atoms with Crippen LogP contribution in [0, 0.1) is 6.10 Å². The minimum Gasteiger partial charge on any atom is -0.393 e. The summed E-state index contributed by atoms with van der Waals surface area (Å²) in [6.07, 6.45) is -4.14. The molecule has 1 saturated heterocycles. The second-order valence-corrected chi connectivity index (χ2v) is 2.07. The first-order valence-corrected chi connectivity index (χ1v) is 2.84. The molecule has 0 aromatic heterocycles. The Kier molecular flexibility index (Phi) is 2.22. The van der Waals surface area contributed by atoms with Crippen molar-refractivity contribution in [3.8, 4) is 0 Å². The van der Waals surface area contributed by atoms with Crippen molar-refractivity contribution in [3.05, 3.63) is 6.10 Å². The largest absolute Gasteiger partial charge is 0.393 e. The van der Waals surface area contributed by atoms with Gasteiger partial charge in [-0.25, -0.2) is 0 Å². The van der Waals surface area contributed by atoms with E-state index in [1.54, 1.807) is 0 Å². The highest BCUT2D eigenvalue weighted by molar-refractivity contribution is 4.98. The molecule has 0 unspecified atom stereocenters. The quantitative estimate of drug-likeness (QED) is 0.333. The van der Waals surface area contributed by atoms with Crippen LogP contribution in [0.5, 0.6) is 0 Å². The van der Waals surface area contributed by atoms with Crippen LogP contribution in [0.15, 0.2) is 0 Å². The number of hydrogen-bond acceptors (Lipinski definition) is 5. The van der Waals surface area contributed by atoms with E-state index >= 15 is 0 Å². The SMILES string of the molecule is OC[C]1O[C@H](O)[C@@H](O)[C@@H]1O. The van der Waals surface area contributed by atoms with Crippen LogP contribution >= 0.6 is 0 Å². The van der Waals surface area contributed by atoms with Crippen LogP contribution in [-0.2, 0) is 4.74 Å². The molecule has 3 atom stereocenters. The summed E-state index contributed by atoms with van der Waals surface area (Å²) in [4.78, 5) is 0. The second kappa shape index (κ2) is 2.81. The summed E-state index contributed by atoms with van der Waals surface area (Å²) in [7, 11) is 0. The van der Waals surface area contributed by atoms with Crippen molar-refractivity contribution in [1.82, 2.24) is 0 Å². The van der Waals surface area contributed by atoms with Crippen molar-refractivity contribution in [3.63, 3.8) is 0 Å². The van der Waals surface area contributed by atoms with Crippen LogP contribution in [0.1, 0.15) is 0 Å². The molecular weight excluding hydrogens is 140 g/mol. The summed E-state index contributed by atoms with van der Waals surface area (Å²) >= 11 is 0. The summed E-state index contributed by atoms with van der Waals surface area (Å²) < 4.78 is 4.46. The fraction of sp³-hybridized carbons (Fsp3) is 0.800. The first-order chi connectivity index (χ1) is 4.66. The lowest BCUT2D eigenvalue weighted by atomic mass is 10.1. The highest BCUT2D eigenvalue weighted by Crippen LogP contribution is 2.24. The Labute approximate surface area is 57.5 Å². The predicted octanol–water partition coefficient (Wildman–Crippen LogP) is -2.42. The Balaban J connectivity index is 2.53. The molecule has 4 N–H and O–H groups in total. The Morgan fingerprint density at radius 3 is 2.10 bits per heavy atom. The zero-order chi connectivity index (χ0) is 7.72. The smallest absolute Gasteiger partial charge is 0.184 e. The number of ether oxygens (including phenoxy) is 1. The number of aliphatic hydroxyl groups is 4. The minimum absolute atomic E-state index is 0.0972. The molecule has 0 aromatic carbocycles. The lowest BCUT2D eigenvalue weighted by molar-refractivity contribution is -0.113. The summed E-state index contributed by atoms with van der Waals surface area (Å²) in [6, 6.07) is 0. The lowest BCUT2D eigenvalue weighted by Crippen LogP contribution is -2.30. The van der Waals surface area contributed by atoms with E-state index in [-0.39, 0.29) is 6.10 Å². The van der Waals surface area contributed by atoms with Gasteiger partial charge in [-0.3, -0.25) is 0 Å². The van der Waals surface area contributed by atoms with Crippen molar-refractivity contribution in [2.45, 2.75) is 18.5 Å². The maximum Gasteiger partial charge on any atom is 0.184 e. The third-order valence-corrected chi connectivity index (χ3v) is 1.37. The van der Waals surface area contributed by atoms with E-state index in [2.05, 4.69) is 4.74 Å². The summed E-state index contributed by atoms with van der Waals surface area (Å²) in [5, 5.41) is 34.8. The predicted molar refractivity (Wildman–Crippen MR) is 29.4 cm³/mol. The van der Waals surface area contributed by atoms with Gasteiger partial charge in [0, 0.05) is 0 Å². The van der Waals surface area contributed by atoms with Gasteiger partial charge in [-0.1, -0.05) is 0 Å². The first kappa shape index (κ1) is 7.90. The Hall–Kier alpha value is -0.200. The van der Waals surface area contributed by atoms with Crippen LogP contribution in [0.25, 0.3) is 0 Å². The molecule has 1 aliphatic heterocycles. The van der Waals surface area contributed by atoms with Gasteiger partial charge >= 0.3 is 0 Å². The van der Waals surface area contributed by atoms with E-state index in [4.69, 9.17) is 20.4 Å². The fourth-order valence-corrected chi connectivity index (χ4v) is 0.772. The Morgan fingerprint density at radius 2 is 1.90 bits per heavy atom. The number of rotatable bonds is 1. The lowest BCUT2D eigenvalue weighted by Gasteiger charge is -2.08. The van der Waals surface area contributed by atoms with E-state index in [9.17, 15) is 0 Å². The molecule has 1 aliphatic rings. The van der Waals surface area contributed by atoms with Gasteiger partial charge in [-0.15, -0.1) is 0 Å². The summed E-state index contributed by atoms with van der Waals surface area (Å²) in [5.41, 5.74) is 0. The number of aliphatic hydroxyl groups excluding tert-OH is 4. The molecule has 10 heavy (non-hydrogen) atoms.